The molecule has 1 unspecified atom stereocenters. The summed E-state index contributed by atoms with van der Waals surface area (Å²) in [7, 11) is 0. The van der Waals surface area contributed by atoms with Gasteiger partial charge < -0.3 is 14.6 Å². The molecule has 0 aliphatic carbocycles. The maximum atomic E-state index is 10.3. The van der Waals surface area contributed by atoms with Crippen LogP contribution in [0, 0.1) is 0 Å². The van der Waals surface area contributed by atoms with Gasteiger partial charge in [-0.2, -0.15) is 0 Å². The number of hydrogen-bond acceptors (Lipinski definition) is 3. The van der Waals surface area contributed by atoms with Gasteiger partial charge in [0, 0.05) is 12.0 Å². The van der Waals surface area contributed by atoms with E-state index in [1.807, 2.05) is 62.4 Å². The largest absolute Gasteiger partial charge is 0.491 e. The molecular weight excluding hydrogens is 264 g/mol. The number of ether oxygens (including phenoxy) is 2. The first-order chi connectivity index (χ1) is 10.1. The van der Waals surface area contributed by atoms with Crippen molar-refractivity contribution < 1.29 is 14.6 Å². The van der Waals surface area contributed by atoms with E-state index in [4.69, 9.17) is 9.47 Å². The molecule has 3 heteroatoms. The van der Waals surface area contributed by atoms with Gasteiger partial charge >= 0.3 is 0 Å². The van der Waals surface area contributed by atoms with Gasteiger partial charge in [0.1, 0.15) is 17.6 Å². The molecule has 110 valence electrons. The van der Waals surface area contributed by atoms with Crippen LogP contribution in [0.25, 0.3) is 0 Å². The molecule has 0 saturated heterocycles. The van der Waals surface area contributed by atoms with Crippen LogP contribution in [0.2, 0.25) is 0 Å². The Balaban J connectivity index is 1.79. The lowest BCUT2D eigenvalue weighted by molar-refractivity contribution is 0.0657. The number of hydrogen-bond donors (Lipinski definition) is 1. The van der Waals surface area contributed by atoms with E-state index in [0.717, 1.165) is 22.6 Å². The zero-order valence-electron chi connectivity index (χ0n) is 12.3. The Kier molecular flexibility index (Phi) is 3.84. The van der Waals surface area contributed by atoms with E-state index < -0.39 is 6.10 Å². The predicted molar refractivity (Wildman–Crippen MR) is 81.6 cm³/mol. The monoisotopic (exact) mass is 284 g/mol. The molecule has 1 heterocycles. The molecule has 1 aliphatic heterocycles. The van der Waals surface area contributed by atoms with Gasteiger partial charge in [-0.25, -0.2) is 0 Å². The van der Waals surface area contributed by atoms with Gasteiger partial charge in [0.2, 0.25) is 0 Å². The van der Waals surface area contributed by atoms with E-state index in [0.29, 0.717) is 6.42 Å². The fourth-order valence-corrected chi connectivity index (χ4v) is 2.63. The summed E-state index contributed by atoms with van der Waals surface area (Å²) in [5, 5.41) is 10.3. The van der Waals surface area contributed by atoms with Crippen LogP contribution in [-0.2, 0) is 0 Å². The predicted octanol–water partition coefficient (Wildman–Crippen LogP) is 4.03. The Hall–Kier alpha value is -2.00. The molecule has 2 aromatic carbocycles. The third kappa shape index (κ3) is 3.03. The average molecular weight is 284 g/mol. The van der Waals surface area contributed by atoms with E-state index in [2.05, 4.69) is 0 Å². The second kappa shape index (κ2) is 5.78. The van der Waals surface area contributed by atoms with Crippen molar-refractivity contribution in [2.75, 3.05) is 0 Å². The summed E-state index contributed by atoms with van der Waals surface area (Å²) in [6.07, 6.45) is 0.131. The normalized spacial score (nSPS) is 20.8. The Morgan fingerprint density at radius 3 is 2.52 bits per heavy atom. The van der Waals surface area contributed by atoms with Crippen LogP contribution >= 0.6 is 0 Å². The molecule has 0 amide bonds. The lowest BCUT2D eigenvalue weighted by Crippen LogP contribution is -2.18. The minimum Gasteiger partial charge on any atom is -0.491 e. The molecule has 2 aromatic rings. The third-order valence-electron chi connectivity index (χ3n) is 3.61. The van der Waals surface area contributed by atoms with Gasteiger partial charge in [-0.1, -0.05) is 30.3 Å². The van der Waals surface area contributed by atoms with Crippen molar-refractivity contribution >= 4 is 0 Å². The van der Waals surface area contributed by atoms with Crippen molar-refractivity contribution in [3.8, 4) is 11.5 Å². The van der Waals surface area contributed by atoms with Crippen molar-refractivity contribution in [3.05, 3.63) is 59.7 Å². The molecule has 0 fully saturated rings. The second-order valence-corrected chi connectivity index (χ2v) is 5.63. The summed E-state index contributed by atoms with van der Waals surface area (Å²) in [6, 6.07) is 15.6. The zero-order chi connectivity index (χ0) is 14.8. The molecule has 0 aromatic heterocycles. The molecule has 0 bridgehead atoms. The molecule has 21 heavy (non-hydrogen) atoms. The fourth-order valence-electron chi connectivity index (χ4n) is 2.63. The zero-order valence-corrected chi connectivity index (χ0v) is 12.3. The first kappa shape index (κ1) is 14.0. The van der Waals surface area contributed by atoms with Crippen LogP contribution in [0.4, 0.5) is 0 Å². The first-order valence-electron chi connectivity index (χ1n) is 7.34. The first-order valence-corrected chi connectivity index (χ1v) is 7.34. The van der Waals surface area contributed by atoms with E-state index in [9.17, 15) is 5.11 Å². The number of para-hydroxylation sites is 1. The molecule has 1 N–H and O–H groups in total. The highest BCUT2D eigenvalue weighted by Crippen LogP contribution is 2.40. The lowest BCUT2D eigenvalue weighted by atomic mass is 9.95. The van der Waals surface area contributed by atoms with Crippen molar-refractivity contribution in [3.63, 3.8) is 0 Å². The van der Waals surface area contributed by atoms with Crippen molar-refractivity contribution in [1.29, 1.82) is 0 Å². The van der Waals surface area contributed by atoms with Gasteiger partial charge in [-0.3, -0.25) is 0 Å². The van der Waals surface area contributed by atoms with Crippen LogP contribution in [0.15, 0.2) is 48.5 Å². The summed E-state index contributed by atoms with van der Waals surface area (Å²) < 4.78 is 11.7. The highest BCUT2D eigenvalue weighted by molar-refractivity contribution is 5.39. The lowest BCUT2D eigenvalue weighted by Gasteiger charge is -2.30. The summed E-state index contributed by atoms with van der Waals surface area (Å²) in [4.78, 5) is 0. The number of fused-ring (bicyclic) bond motifs is 1. The summed E-state index contributed by atoms with van der Waals surface area (Å²) in [5.74, 6) is 1.62. The average Bonchev–Trinajstić information content (AvgIpc) is 2.47. The van der Waals surface area contributed by atoms with Crippen LogP contribution in [0.1, 0.15) is 43.6 Å². The number of benzene rings is 2. The molecule has 3 rings (SSSR count). The van der Waals surface area contributed by atoms with E-state index >= 15 is 0 Å². The maximum Gasteiger partial charge on any atom is 0.127 e. The number of aliphatic hydroxyl groups is 1. The minimum absolute atomic E-state index is 0.122. The highest BCUT2D eigenvalue weighted by atomic mass is 16.5. The Morgan fingerprint density at radius 1 is 1.10 bits per heavy atom. The third-order valence-corrected chi connectivity index (χ3v) is 3.61. The quantitative estimate of drug-likeness (QED) is 0.924. The van der Waals surface area contributed by atoms with E-state index in [1.54, 1.807) is 0 Å². The Bertz CT molecular complexity index is 604. The molecule has 1 aliphatic rings. The van der Waals surface area contributed by atoms with Gasteiger partial charge in [0.05, 0.1) is 12.2 Å². The van der Waals surface area contributed by atoms with Crippen molar-refractivity contribution in [2.24, 2.45) is 0 Å². The molecule has 0 spiro atoms. The summed E-state index contributed by atoms with van der Waals surface area (Å²) >= 11 is 0. The van der Waals surface area contributed by atoms with Gasteiger partial charge in [0.15, 0.2) is 0 Å². The fraction of sp³-hybridized carbons (Fsp3) is 0.333. The molecule has 2 atom stereocenters. The van der Waals surface area contributed by atoms with Gasteiger partial charge in [0.25, 0.3) is 0 Å². The van der Waals surface area contributed by atoms with Gasteiger partial charge in [-0.05, 0) is 37.6 Å². The standard InChI is InChI=1S/C18H20O3/c1-12(2)20-14-9-7-13(8-10-14)18-11-16(19)15-5-3-4-6-17(15)21-18/h3-10,12,16,18-19H,11H2,1-2H3/t16-,18?/m0/s1. The molecule has 0 radical (unpaired) electrons. The number of rotatable bonds is 3. The van der Waals surface area contributed by atoms with E-state index in [1.165, 1.54) is 0 Å². The number of aliphatic hydroxyl groups excluding tert-OH is 1. The van der Waals surface area contributed by atoms with Gasteiger partial charge in [-0.15, -0.1) is 0 Å². The molecular formula is C18H20O3. The summed E-state index contributed by atoms with van der Waals surface area (Å²) in [5.41, 5.74) is 1.92. The molecule has 0 saturated carbocycles. The van der Waals surface area contributed by atoms with Crippen LogP contribution < -0.4 is 9.47 Å². The van der Waals surface area contributed by atoms with Crippen LogP contribution in [0.5, 0.6) is 11.5 Å². The van der Waals surface area contributed by atoms with Crippen LogP contribution in [-0.4, -0.2) is 11.2 Å². The minimum atomic E-state index is -0.480. The topological polar surface area (TPSA) is 38.7 Å². The van der Waals surface area contributed by atoms with Crippen LogP contribution in [0.3, 0.4) is 0 Å². The maximum absolute atomic E-state index is 10.3. The Morgan fingerprint density at radius 2 is 1.81 bits per heavy atom. The smallest absolute Gasteiger partial charge is 0.127 e. The van der Waals surface area contributed by atoms with Crippen molar-refractivity contribution in [1.82, 2.24) is 0 Å². The molecule has 3 nitrogen and oxygen atoms in total. The Labute approximate surface area is 125 Å². The summed E-state index contributed by atoms with van der Waals surface area (Å²) in [6.45, 7) is 4.01. The van der Waals surface area contributed by atoms with E-state index in [-0.39, 0.29) is 12.2 Å². The highest BCUT2D eigenvalue weighted by Gasteiger charge is 2.27. The van der Waals surface area contributed by atoms with Crippen molar-refractivity contribution in [2.45, 2.75) is 38.6 Å². The second-order valence-electron chi connectivity index (χ2n) is 5.63. The SMILES string of the molecule is CC(C)Oc1ccc(C2C[C@H](O)c3ccccc3O2)cc1.